The SMILES string of the molecule is CC(=O)N1CCc2ncccc2C1CC(=O)O. The van der Waals surface area contributed by atoms with E-state index in [4.69, 9.17) is 5.11 Å². The van der Waals surface area contributed by atoms with E-state index in [0.29, 0.717) is 13.0 Å². The van der Waals surface area contributed by atoms with Gasteiger partial charge in [-0.15, -0.1) is 0 Å². The van der Waals surface area contributed by atoms with Crippen LogP contribution in [0.4, 0.5) is 0 Å². The Balaban J connectivity index is 2.38. The number of nitrogens with zero attached hydrogens (tertiary/aromatic N) is 2. The Kier molecular flexibility index (Phi) is 3.08. The average molecular weight is 234 g/mol. The third-order valence-electron chi connectivity index (χ3n) is 3.02. The van der Waals surface area contributed by atoms with Crippen LogP contribution in [-0.2, 0) is 16.0 Å². The maximum absolute atomic E-state index is 11.5. The van der Waals surface area contributed by atoms with Gasteiger partial charge in [0, 0.05) is 31.8 Å². The van der Waals surface area contributed by atoms with Crippen LogP contribution < -0.4 is 0 Å². The van der Waals surface area contributed by atoms with E-state index in [1.54, 1.807) is 17.2 Å². The fourth-order valence-electron chi connectivity index (χ4n) is 2.28. The van der Waals surface area contributed by atoms with Crippen LogP contribution in [-0.4, -0.2) is 33.4 Å². The summed E-state index contributed by atoms with van der Waals surface area (Å²) in [5, 5.41) is 8.93. The molecule has 1 aromatic rings. The van der Waals surface area contributed by atoms with Gasteiger partial charge in [0.1, 0.15) is 0 Å². The number of carbonyl (C=O) groups is 2. The molecule has 0 bridgehead atoms. The summed E-state index contributed by atoms with van der Waals surface area (Å²) in [6.07, 6.45) is 2.31. The molecule has 5 heteroatoms. The molecule has 2 heterocycles. The van der Waals surface area contributed by atoms with Crippen molar-refractivity contribution in [3.63, 3.8) is 0 Å². The average Bonchev–Trinajstić information content (AvgIpc) is 2.28. The van der Waals surface area contributed by atoms with Crippen LogP contribution >= 0.6 is 0 Å². The number of carboxylic acid groups (broad SMARTS) is 1. The van der Waals surface area contributed by atoms with Crippen LogP contribution in [0.5, 0.6) is 0 Å². The van der Waals surface area contributed by atoms with Gasteiger partial charge in [-0.1, -0.05) is 6.07 Å². The maximum atomic E-state index is 11.5. The molecule has 1 amide bonds. The number of pyridine rings is 1. The molecule has 0 aliphatic carbocycles. The second kappa shape index (κ2) is 4.53. The van der Waals surface area contributed by atoms with Crippen LogP contribution in [0.3, 0.4) is 0 Å². The van der Waals surface area contributed by atoms with Crippen LogP contribution in [0.25, 0.3) is 0 Å². The zero-order chi connectivity index (χ0) is 12.4. The minimum Gasteiger partial charge on any atom is -0.481 e. The minimum atomic E-state index is -0.905. The first-order valence-electron chi connectivity index (χ1n) is 5.52. The molecule has 1 aliphatic heterocycles. The molecule has 5 nitrogen and oxygen atoms in total. The Bertz CT molecular complexity index is 459. The molecule has 0 spiro atoms. The van der Waals surface area contributed by atoms with Crippen LogP contribution in [0.2, 0.25) is 0 Å². The van der Waals surface area contributed by atoms with Crippen molar-refractivity contribution in [2.75, 3.05) is 6.54 Å². The lowest BCUT2D eigenvalue weighted by atomic mass is 9.94. The van der Waals surface area contributed by atoms with Crippen LogP contribution in [0.15, 0.2) is 18.3 Å². The fourth-order valence-corrected chi connectivity index (χ4v) is 2.28. The second-order valence-corrected chi connectivity index (χ2v) is 4.12. The molecule has 0 saturated heterocycles. The van der Waals surface area contributed by atoms with E-state index in [9.17, 15) is 9.59 Å². The summed E-state index contributed by atoms with van der Waals surface area (Å²) < 4.78 is 0. The molecule has 90 valence electrons. The summed E-state index contributed by atoms with van der Waals surface area (Å²) in [6.45, 7) is 2.01. The first-order valence-corrected chi connectivity index (χ1v) is 5.52. The normalized spacial score (nSPS) is 18.6. The minimum absolute atomic E-state index is 0.0712. The molecule has 0 radical (unpaired) electrons. The number of fused-ring (bicyclic) bond motifs is 1. The highest BCUT2D eigenvalue weighted by molar-refractivity contribution is 5.76. The van der Waals surface area contributed by atoms with Gasteiger partial charge in [0.05, 0.1) is 12.5 Å². The summed E-state index contributed by atoms with van der Waals surface area (Å²) in [5.74, 6) is -0.997. The van der Waals surface area contributed by atoms with Crippen molar-refractivity contribution < 1.29 is 14.7 Å². The van der Waals surface area contributed by atoms with Crippen molar-refractivity contribution in [1.29, 1.82) is 0 Å². The van der Waals surface area contributed by atoms with Crippen molar-refractivity contribution in [2.24, 2.45) is 0 Å². The molecule has 1 aliphatic rings. The van der Waals surface area contributed by atoms with Gasteiger partial charge in [0.25, 0.3) is 0 Å². The second-order valence-electron chi connectivity index (χ2n) is 4.12. The van der Waals surface area contributed by atoms with Gasteiger partial charge in [0.2, 0.25) is 5.91 Å². The van der Waals surface area contributed by atoms with Crippen molar-refractivity contribution in [2.45, 2.75) is 25.8 Å². The number of aromatic nitrogens is 1. The van der Waals surface area contributed by atoms with E-state index in [0.717, 1.165) is 11.3 Å². The Labute approximate surface area is 99.1 Å². The Morgan fingerprint density at radius 3 is 3.00 bits per heavy atom. The first-order chi connectivity index (χ1) is 8.09. The quantitative estimate of drug-likeness (QED) is 0.828. The van der Waals surface area contributed by atoms with Gasteiger partial charge in [-0.3, -0.25) is 14.6 Å². The third-order valence-corrected chi connectivity index (χ3v) is 3.02. The number of carboxylic acids is 1. The number of aliphatic carboxylic acids is 1. The van der Waals surface area contributed by atoms with Gasteiger partial charge >= 0.3 is 5.97 Å². The van der Waals surface area contributed by atoms with E-state index in [1.807, 2.05) is 6.07 Å². The van der Waals surface area contributed by atoms with Gasteiger partial charge in [-0.05, 0) is 11.6 Å². The van der Waals surface area contributed by atoms with E-state index in [2.05, 4.69) is 4.98 Å². The predicted octanol–water partition coefficient (Wildman–Crippen LogP) is 1.00. The topological polar surface area (TPSA) is 70.5 Å². The zero-order valence-corrected chi connectivity index (χ0v) is 9.59. The lowest BCUT2D eigenvalue weighted by Gasteiger charge is -2.35. The molecule has 0 aromatic carbocycles. The van der Waals surface area contributed by atoms with Crippen molar-refractivity contribution in [3.8, 4) is 0 Å². The largest absolute Gasteiger partial charge is 0.481 e. The molecule has 17 heavy (non-hydrogen) atoms. The molecule has 2 rings (SSSR count). The van der Waals surface area contributed by atoms with E-state index < -0.39 is 5.97 Å². The third kappa shape index (κ3) is 2.27. The lowest BCUT2D eigenvalue weighted by Crippen LogP contribution is -2.40. The monoisotopic (exact) mass is 234 g/mol. The molecule has 0 fully saturated rings. The van der Waals surface area contributed by atoms with Crippen LogP contribution in [0.1, 0.15) is 30.6 Å². The van der Waals surface area contributed by atoms with Crippen molar-refractivity contribution in [1.82, 2.24) is 9.88 Å². The fraction of sp³-hybridized carbons (Fsp3) is 0.417. The van der Waals surface area contributed by atoms with Crippen molar-refractivity contribution in [3.05, 3.63) is 29.6 Å². The Morgan fingerprint density at radius 2 is 2.35 bits per heavy atom. The van der Waals surface area contributed by atoms with E-state index in [-0.39, 0.29) is 18.4 Å². The molecule has 1 atom stereocenters. The molecule has 0 saturated carbocycles. The predicted molar refractivity (Wildman–Crippen MR) is 60.3 cm³/mol. The molecule has 1 unspecified atom stereocenters. The molecular formula is C12H14N2O3. The van der Waals surface area contributed by atoms with Crippen LogP contribution in [0, 0.1) is 0 Å². The highest BCUT2D eigenvalue weighted by atomic mass is 16.4. The highest BCUT2D eigenvalue weighted by Gasteiger charge is 2.31. The Morgan fingerprint density at radius 1 is 1.59 bits per heavy atom. The van der Waals surface area contributed by atoms with Crippen molar-refractivity contribution >= 4 is 11.9 Å². The summed E-state index contributed by atoms with van der Waals surface area (Å²) in [5.41, 5.74) is 1.76. The highest BCUT2D eigenvalue weighted by Crippen LogP contribution is 2.30. The van der Waals surface area contributed by atoms with Gasteiger partial charge in [-0.2, -0.15) is 0 Å². The Hall–Kier alpha value is -1.91. The summed E-state index contributed by atoms with van der Waals surface area (Å²) >= 11 is 0. The summed E-state index contributed by atoms with van der Waals surface area (Å²) in [7, 11) is 0. The first kappa shape index (κ1) is 11.6. The van der Waals surface area contributed by atoms with E-state index >= 15 is 0 Å². The van der Waals surface area contributed by atoms with Gasteiger partial charge in [0.15, 0.2) is 0 Å². The number of carbonyl (C=O) groups excluding carboxylic acids is 1. The summed E-state index contributed by atoms with van der Waals surface area (Å²) in [4.78, 5) is 28.2. The maximum Gasteiger partial charge on any atom is 0.305 e. The zero-order valence-electron chi connectivity index (χ0n) is 9.59. The smallest absolute Gasteiger partial charge is 0.305 e. The van der Waals surface area contributed by atoms with Gasteiger partial charge in [-0.25, -0.2) is 0 Å². The van der Waals surface area contributed by atoms with E-state index in [1.165, 1.54) is 6.92 Å². The standard InChI is InChI=1S/C12H14N2O3/c1-8(15)14-6-4-10-9(3-2-5-13-10)11(14)7-12(16)17/h2-3,5,11H,4,6-7H2,1H3,(H,16,17). The van der Waals surface area contributed by atoms with Gasteiger partial charge < -0.3 is 10.0 Å². The number of hydrogen-bond donors (Lipinski definition) is 1. The summed E-state index contributed by atoms with van der Waals surface area (Å²) in [6, 6.07) is 3.24. The lowest BCUT2D eigenvalue weighted by molar-refractivity contribution is -0.140. The molecule has 1 N–H and O–H groups in total. The number of amides is 1. The molecular weight excluding hydrogens is 220 g/mol. The number of rotatable bonds is 2. The number of hydrogen-bond acceptors (Lipinski definition) is 3. The molecule has 1 aromatic heterocycles.